The van der Waals surface area contributed by atoms with Gasteiger partial charge in [-0.05, 0) is 53.2 Å². The second-order valence-electron chi connectivity index (χ2n) is 11.9. The zero-order valence-corrected chi connectivity index (χ0v) is 30.5. The second kappa shape index (κ2) is 16.0. The Kier molecular flexibility index (Phi) is 10.6. The van der Waals surface area contributed by atoms with E-state index in [0.717, 1.165) is 62.5 Å². The number of fused-ring (bicyclic) bond motifs is 1. The maximum atomic E-state index is 14.1. The van der Waals surface area contributed by atoms with Gasteiger partial charge in [-0.15, -0.1) is 48.6 Å². The number of hydrogen-bond donors (Lipinski definition) is 0. The third kappa shape index (κ3) is 7.28. The average Bonchev–Trinajstić information content (AvgIpc) is 3.80. The quantitative estimate of drug-likeness (QED) is 0.123. The number of rotatable bonds is 6. The number of pyridine rings is 1. The van der Waals surface area contributed by atoms with E-state index in [4.69, 9.17) is 5.10 Å². The van der Waals surface area contributed by atoms with Crippen LogP contribution < -0.4 is 9.80 Å². The zero-order valence-electron chi connectivity index (χ0n) is 28.1. The first-order valence-corrected chi connectivity index (χ1v) is 16.7. The Balaban J connectivity index is 0.000000165. The molecule has 8 aromatic rings. The van der Waals surface area contributed by atoms with E-state index in [1.54, 1.807) is 11.6 Å². The van der Waals surface area contributed by atoms with Crippen molar-refractivity contribution in [3.8, 4) is 39.3 Å². The summed E-state index contributed by atoms with van der Waals surface area (Å²) in [6.45, 7) is 1.74. The van der Waals surface area contributed by atoms with E-state index >= 15 is 0 Å². The van der Waals surface area contributed by atoms with Crippen LogP contribution in [0.5, 0.6) is 0 Å². The molecule has 1 aliphatic rings. The summed E-state index contributed by atoms with van der Waals surface area (Å²) in [6, 6.07) is 63.6. The standard InChI is InChI=1S/C27H19N2.C18H11F2N3.Ir/c1-5-13-21(14-6-1)25-26(22-15-7-2-8-16-22)28-29(24-19-11-4-12-20-24)27(25)23-17-9-3-10-18-23;19-17-11-10-16(18(20)21-17)23-12-22(13-6-2-1-3-7-13)14-8-4-5-9-15(14)23;/h1-15,17-20H;1-9,11-12H;/q-1;-2;+3. The van der Waals surface area contributed by atoms with Gasteiger partial charge in [0.05, 0.1) is 17.3 Å². The van der Waals surface area contributed by atoms with Gasteiger partial charge in [-0.1, -0.05) is 109 Å². The van der Waals surface area contributed by atoms with Crippen molar-refractivity contribution < 1.29 is 28.9 Å². The van der Waals surface area contributed by atoms with E-state index in [-0.39, 0.29) is 25.8 Å². The van der Waals surface area contributed by atoms with Crippen LogP contribution in [0.25, 0.3) is 39.3 Å². The van der Waals surface area contributed by atoms with Gasteiger partial charge in [-0.3, -0.25) is 8.78 Å². The van der Waals surface area contributed by atoms with Crippen LogP contribution in [0, 0.1) is 30.7 Å². The van der Waals surface area contributed by atoms with Crippen molar-refractivity contribution in [2.24, 2.45) is 0 Å². The largest absolute Gasteiger partial charge is 3.00 e. The first-order valence-electron chi connectivity index (χ1n) is 16.7. The predicted molar refractivity (Wildman–Crippen MR) is 203 cm³/mol. The summed E-state index contributed by atoms with van der Waals surface area (Å²) in [5, 5.41) is 5.09. The van der Waals surface area contributed by atoms with Gasteiger partial charge < -0.3 is 14.8 Å². The van der Waals surface area contributed by atoms with Gasteiger partial charge in [-0.2, -0.15) is 6.07 Å². The number of aromatic nitrogens is 3. The maximum absolute atomic E-state index is 14.1. The SMILES string of the molecule is Fc1c[c-]c(N2[CH-]N(c3ccccc3)c3ccccc32)c(F)n1.[Ir+3].[c-]1ccccc1-c1nn(-c2ccccc2)c(-c2ccccc2)c1-c1ccccc1. The third-order valence-corrected chi connectivity index (χ3v) is 8.60. The van der Waals surface area contributed by atoms with E-state index in [1.165, 1.54) is 0 Å². The molecule has 0 fully saturated rings. The molecule has 2 aromatic heterocycles. The summed E-state index contributed by atoms with van der Waals surface area (Å²) < 4.78 is 29.2. The van der Waals surface area contributed by atoms with E-state index in [2.05, 4.69) is 83.8 Å². The summed E-state index contributed by atoms with van der Waals surface area (Å²) in [6.07, 6.45) is 0. The minimum atomic E-state index is -0.897. The molecule has 0 spiro atoms. The van der Waals surface area contributed by atoms with Crippen LogP contribution in [-0.4, -0.2) is 14.8 Å². The molecule has 0 N–H and O–H groups in total. The fraction of sp³-hybridized carbons (Fsp3) is 0. The van der Waals surface area contributed by atoms with E-state index in [9.17, 15) is 8.78 Å². The topological polar surface area (TPSA) is 37.2 Å². The van der Waals surface area contributed by atoms with Gasteiger partial charge in [0.25, 0.3) is 0 Å². The Morgan fingerprint density at radius 2 is 1.09 bits per heavy atom. The number of halogens is 2. The Hall–Kier alpha value is -6.21. The van der Waals surface area contributed by atoms with Crippen LogP contribution in [0.4, 0.5) is 31.5 Å². The fourth-order valence-electron chi connectivity index (χ4n) is 6.26. The summed E-state index contributed by atoms with van der Waals surface area (Å²) in [7, 11) is 0. The first kappa shape index (κ1) is 35.2. The summed E-state index contributed by atoms with van der Waals surface area (Å²) in [4.78, 5) is 6.80. The summed E-state index contributed by atoms with van der Waals surface area (Å²) >= 11 is 0. The molecule has 8 heteroatoms. The van der Waals surface area contributed by atoms with Gasteiger partial charge in [0.2, 0.25) is 0 Å². The van der Waals surface area contributed by atoms with E-state index in [1.807, 2.05) is 113 Å². The minimum absolute atomic E-state index is 0. The van der Waals surface area contributed by atoms with Crippen molar-refractivity contribution in [2.45, 2.75) is 0 Å². The molecule has 0 amide bonds. The van der Waals surface area contributed by atoms with Gasteiger partial charge >= 0.3 is 20.1 Å². The molecule has 5 nitrogen and oxygen atoms in total. The van der Waals surface area contributed by atoms with Crippen LogP contribution in [0.15, 0.2) is 176 Å². The molecule has 258 valence electrons. The first-order chi connectivity index (χ1) is 25.7. The molecule has 0 saturated carbocycles. The van der Waals surface area contributed by atoms with Crippen molar-refractivity contribution in [3.63, 3.8) is 0 Å². The second-order valence-corrected chi connectivity index (χ2v) is 11.9. The molecule has 0 radical (unpaired) electrons. The minimum Gasteiger partial charge on any atom is -0.490 e. The Labute approximate surface area is 320 Å². The normalized spacial score (nSPS) is 11.7. The molecule has 0 aliphatic carbocycles. The van der Waals surface area contributed by atoms with Crippen LogP contribution in [-0.2, 0) is 20.1 Å². The van der Waals surface area contributed by atoms with Crippen molar-refractivity contribution in [3.05, 3.63) is 207 Å². The van der Waals surface area contributed by atoms with Gasteiger partial charge in [-0.25, -0.2) is 9.78 Å². The fourth-order valence-corrected chi connectivity index (χ4v) is 6.26. The molecular weight excluding hydrogens is 841 g/mol. The van der Waals surface area contributed by atoms with Gasteiger partial charge in [0, 0.05) is 28.3 Å². The zero-order chi connectivity index (χ0) is 35.3. The molecule has 0 bridgehead atoms. The van der Waals surface area contributed by atoms with Gasteiger partial charge in [0.15, 0.2) is 0 Å². The van der Waals surface area contributed by atoms with E-state index in [0.29, 0.717) is 0 Å². The third-order valence-electron chi connectivity index (χ3n) is 8.60. The van der Waals surface area contributed by atoms with Crippen molar-refractivity contribution in [1.82, 2.24) is 14.8 Å². The molecule has 9 rings (SSSR count). The maximum Gasteiger partial charge on any atom is 3.00 e. The number of para-hydroxylation sites is 4. The van der Waals surface area contributed by atoms with Crippen LogP contribution in [0.2, 0.25) is 0 Å². The molecule has 1 aliphatic heterocycles. The van der Waals surface area contributed by atoms with Crippen molar-refractivity contribution in [2.75, 3.05) is 9.80 Å². The predicted octanol–water partition coefficient (Wildman–Crippen LogP) is 11.2. The number of anilines is 4. The average molecular weight is 871 g/mol. The molecule has 0 saturated heterocycles. The molecule has 6 aromatic carbocycles. The Morgan fingerprint density at radius 3 is 1.70 bits per heavy atom. The molecular formula is C45H30F2IrN5. The van der Waals surface area contributed by atoms with E-state index < -0.39 is 11.9 Å². The molecule has 0 atom stereocenters. The monoisotopic (exact) mass is 871 g/mol. The summed E-state index contributed by atoms with van der Waals surface area (Å²) in [5.41, 5.74) is 10.1. The number of nitrogens with zero attached hydrogens (tertiary/aromatic N) is 5. The molecule has 0 unspecified atom stereocenters. The van der Waals surface area contributed by atoms with Crippen molar-refractivity contribution >= 4 is 22.7 Å². The Morgan fingerprint density at radius 1 is 0.547 bits per heavy atom. The molecule has 53 heavy (non-hydrogen) atoms. The summed E-state index contributed by atoms with van der Waals surface area (Å²) in [5.74, 6) is -1.79. The van der Waals surface area contributed by atoms with Crippen LogP contribution in [0.3, 0.4) is 0 Å². The molecule has 3 heterocycles. The van der Waals surface area contributed by atoms with Crippen LogP contribution >= 0.6 is 0 Å². The van der Waals surface area contributed by atoms with Crippen LogP contribution in [0.1, 0.15) is 0 Å². The van der Waals surface area contributed by atoms with Gasteiger partial charge in [0.1, 0.15) is 5.95 Å². The Bertz CT molecular complexity index is 2310. The number of hydrogen-bond acceptors (Lipinski definition) is 4. The number of benzene rings is 6. The smallest absolute Gasteiger partial charge is 0.490 e. The van der Waals surface area contributed by atoms with Crippen molar-refractivity contribution in [1.29, 1.82) is 0 Å².